The third-order valence-corrected chi connectivity index (χ3v) is 4.57. The van der Waals surface area contributed by atoms with E-state index in [-0.39, 0.29) is 5.91 Å². The van der Waals surface area contributed by atoms with E-state index in [9.17, 15) is 13.2 Å². The molecule has 7 heteroatoms. The van der Waals surface area contributed by atoms with E-state index in [4.69, 9.17) is 4.42 Å². The topological polar surface area (TPSA) is 70.8 Å². The van der Waals surface area contributed by atoms with Crippen molar-refractivity contribution in [1.82, 2.24) is 9.21 Å². The molecule has 0 atom stereocenters. The van der Waals surface area contributed by atoms with Gasteiger partial charge in [-0.05, 0) is 19.9 Å². The van der Waals surface area contributed by atoms with Gasteiger partial charge in [0.05, 0.1) is 11.8 Å². The zero-order chi connectivity index (χ0) is 14.2. The molecule has 1 aliphatic rings. The molecule has 1 fully saturated rings. The number of hydrogen-bond acceptors (Lipinski definition) is 4. The highest BCUT2D eigenvalue weighted by Gasteiger charge is 2.28. The molecular formula is C12H18N2O4S. The predicted molar refractivity (Wildman–Crippen MR) is 70.5 cm³/mol. The van der Waals surface area contributed by atoms with Crippen LogP contribution in [0, 0.1) is 13.8 Å². The third-order valence-electron chi connectivity index (χ3n) is 3.27. The molecule has 1 aromatic heterocycles. The first-order valence-electron chi connectivity index (χ1n) is 6.10. The maximum atomic E-state index is 12.3. The Labute approximate surface area is 113 Å². The van der Waals surface area contributed by atoms with Crippen molar-refractivity contribution in [2.45, 2.75) is 13.8 Å². The van der Waals surface area contributed by atoms with E-state index in [2.05, 4.69) is 0 Å². The van der Waals surface area contributed by atoms with Gasteiger partial charge < -0.3 is 9.32 Å². The molecule has 0 N–H and O–H groups in total. The van der Waals surface area contributed by atoms with Gasteiger partial charge in [0.25, 0.3) is 5.91 Å². The van der Waals surface area contributed by atoms with Crippen molar-refractivity contribution in [1.29, 1.82) is 0 Å². The maximum Gasteiger partial charge on any atom is 0.257 e. The van der Waals surface area contributed by atoms with Crippen molar-refractivity contribution < 1.29 is 17.6 Å². The van der Waals surface area contributed by atoms with Gasteiger partial charge in [0.2, 0.25) is 10.0 Å². The summed E-state index contributed by atoms with van der Waals surface area (Å²) < 4.78 is 29.5. The molecule has 6 nitrogen and oxygen atoms in total. The van der Waals surface area contributed by atoms with Gasteiger partial charge in [-0.15, -0.1) is 0 Å². The SMILES string of the molecule is Cc1cc(C(=O)N2CCN(S(C)(=O)=O)CC2)c(C)o1. The molecule has 1 saturated heterocycles. The van der Waals surface area contributed by atoms with E-state index < -0.39 is 10.0 Å². The van der Waals surface area contributed by atoms with Crippen molar-refractivity contribution in [3.8, 4) is 0 Å². The number of piperazine rings is 1. The Morgan fingerprint density at radius 3 is 2.21 bits per heavy atom. The number of carbonyl (C=O) groups is 1. The average Bonchev–Trinajstić information content (AvgIpc) is 2.66. The number of nitrogens with zero attached hydrogens (tertiary/aromatic N) is 2. The summed E-state index contributed by atoms with van der Waals surface area (Å²) in [5.74, 6) is 1.21. The van der Waals surface area contributed by atoms with Gasteiger partial charge in [0.15, 0.2) is 0 Å². The summed E-state index contributed by atoms with van der Waals surface area (Å²) in [5.41, 5.74) is 0.560. The molecule has 0 spiro atoms. The summed E-state index contributed by atoms with van der Waals surface area (Å²) in [5, 5.41) is 0. The second kappa shape index (κ2) is 4.97. The lowest BCUT2D eigenvalue weighted by Crippen LogP contribution is -2.50. The largest absolute Gasteiger partial charge is 0.466 e. The van der Waals surface area contributed by atoms with Crippen LogP contribution in [0.15, 0.2) is 10.5 Å². The van der Waals surface area contributed by atoms with Crippen LogP contribution in [0.1, 0.15) is 21.9 Å². The van der Waals surface area contributed by atoms with Crippen LogP contribution < -0.4 is 0 Å². The van der Waals surface area contributed by atoms with E-state index in [1.807, 2.05) is 0 Å². The Kier molecular flexibility index (Phi) is 3.69. The quantitative estimate of drug-likeness (QED) is 0.799. The highest BCUT2D eigenvalue weighted by molar-refractivity contribution is 7.88. The molecule has 1 amide bonds. The normalized spacial score (nSPS) is 17.7. The molecule has 1 aliphatic heterocycles. The Morgan fingerprint density at radius 1 is 1.21 bits per heavy atom. The van der Waals surface area contributed by atoms with Crippen LogP contribution in [0.25, 0.3) is 0 Å². The molecule has 0 unspecified atom stereocenters. The molecule has 2 heterocycles. The van der Waals surface area contributed by atoms with Crippen LogP contribution in [0.5, 0.6) is 0 Å². The fourth-order valence-corrected chi connectivity index (χ4v) is 3.06. The number of aryl methyl sites for hydroxylation is 2. The lowest BCUT2D eigenvalue weighted by Gasteiger charge is -2.33. The highest BCUT2D eigenvalue weighted by atomic mass is 32.2. The summed E-state index contributed by atoms with van der Waals surface area (Å²) in [6.45, 7) is 5.07. The average molecular weight is 286 g/mol. The molecule has 0 aromatic carbocycles. The summed E-state index contributed by atoms with van der Waals surface area (Å²) in [7, 11) is -3.17. The molecule has 0 bridgehead atoms. The van der Waals surface area contributed by atoms with Crippen LogP contribution in [0.3, 0.4) is 0 Å². The smallest absolute Gasteiger partial charge is 0.257 e. The molecule has 0 saturated carbocycles. The second-order valence-electron chi connectivity index (χ2n) is 4.78. The molecular weight excluding hydrogens is 268 g/mol. The van der Waals surface area contributed by atoms with Crippen LogP contribution in [-0.4, -0.2) is 56.0 Å². The number of carbonyl (C=O) groups excluding carboxylic acids is 1. The number of sulfonamides is 1. The van der Waals surface area contributed by atoms with Gasteiger partial charge in [0, 0.05) is 26.2 Å². The first-order chi connectivity index (χ1) is 8.79. The van der Waals surface area contributed by atoms with E-state index in [0.717, 1.165) is 0 Å². The minimum atomic E-state index is -3.17. The summed E-state index contributed by atoms with van der Waals surface area (Å²) >= 11 is 0. The summed E-state index contributed by atoms with van der Waals surface area (Å²) in [6, 6.07) is 1.72. The number of amides is 1. The van der Waals surface area contributed by atoms with Crippen molar-refractivity contribution in [3.05, 3.63) is 23.2 Å². The van der Waals surface area contributed by atoms with Gasteiger partial charge in [-0.3, -0.25) is 4.79 Å². The molecule has 1 aromatic rings. The van der Waals surface area contributed by atoms with Gasteiger partial charge in [-0.2, -0.15) is 4.31 Å². The lowest BCUT2D eigenvalue weighted by atomic mass is 10.2. The number of rotatable bonds is 2. The summed E-state index contributed by atoms with van der Waals surface area (Å²) in [6.07, 6.45) is 1.19. The fourth-order valence-electron chi connectivity index (χ4n) is 2.24. The zero-order valence-corrected chi connectivity index (χ0v) is 12.2. The van der Waals surface area contributed by atoms with Crippen molar-refractivity contribution in [2.24, 2.45) is 0 Å². The molecule has 19 heavy (non-hydrogen) atoms. The third kappa shape index (κ3) is 2.98. The second-order valence-corrected chi connectivity index (χ2v) is 6.76. The van der Waals surface area contributed by atoms with Gasteiger partial charge in [-0.25, -0.2) is 8.42 Å². The molecule has 0 radical (unpaired) electrons. The number of furan rings is 1. The number of hydrogen-bond donors (Lipinski definition) is 0. The van der Waals surface area contributed by atoms with Crippen LogP contribution in [0.4, 0.5) is 0 Å². The van der Waals surface area contributed by atoms with Crippen molar-refractivity contribution in [2.75, 3.05) is 32.4 Å². The van der Waals surface area contributed by atoms with E-state index in [1.54, 1.807) is 24.8 Å². The fraction of sp³-hybridized carbons (Fsp3) is 0.583. The Bertz CT molecular complexity index is 583. The highest BCUT2D eigenvalue weighted by Crippen LogP contribution is 2.17. The monoisotopic (exact) mass is 286 g/mol. The van der Waals surface area contributed by atoms with Gasteiger partial charge in [0.1, 0.15) is 11.5 Å². The Morgan fingerprint density at radius 2 is 1.79 bits per heavy atom. The zero-order valence-electron chi connectivity index (χ0n) is 11.3. The van der Waals surface area contributed by atoms with Crippen LogP contribution in [-0.2, 0) is 10.0 Å². The van der Waals surface area contributed by atoms with Gasteiger partial charge in [-0.1, -0.05) is 0 Å². The summed E-state index contributed by atoms with van der Waals surface area (Å²) in [4.78, 5) is 14.0. The van der Waals surface area contributed by atoms with Crippen molar-refractivity contribution >= 4 is 15.9 Å². The first-order valence-corrected chi connectivity index (χ1v) is 7.95. The predicted octanol–water partition coefficient (Wildman–Crippen LogP) is 0.614. The van der Waals surface area contributed by atoms with E-state index in [0.29, 0.717) is 43.3 Å². The minimum Gasteiger partial charge on any atom is -0.466 e. The lowest BCUT2D eigenvalue weighted by molar-refractivity contribution is 0.0696. The molecule has 2 rings (SSSR count). The van der Waals surface area contributed by atoms with Crippen LogP contribution in [0.2, 0.25) is 0 Å². The Hall–Kier alpha value is -1.34. The standard InChI is InChI=1S/C12H18N2O4S/c1-9-8-11(10(2)18-9)12(15)13-4-6-14(7-5-13)19(3,16)17/h8H,4-7H2,1-3H3. The van der Waals surface area contributed by atoms with E-state index in [1.165, 1.54) is 10.6 Å². The Balaban J connectivity index is 2.06. The minimum absolute atomic E-state index is 0.0949. The van der Waals surface area contributed by atoms with Crippen molar-refractivity contribution in [3.63, 3.8) is 0 Å². The van der Waals surface area contributed by atoms with Crippen LogP contribution >= 0.6 is 0 Å². The first kappa shape index (κ1) is 14.1. The van der Waals surface area contributed by atoms with Gasteiger partial charge >= 0.3 is 0 Å². The van der Waals surface area contributed by atoms with E-state index >= 15 is 0 Å². The maximum absolute atomic E-state index is 12.3. The molecule has 0 aliphatic carbocycles. The molecule has 106 valence electrons.